The van der Waals surface area contributed by atoms with Crippen molar-refractivity contribution in [2.45, 2.75) is 19.9 Å². The second kappa shape index (κ2) is 5.78. The van der Waals surface area contributed by atoms with Gasteiger partial charge in [-0.2, -0.15) is 0 Å². The second-order valence-corrected chi connectivity index (χ2v) is 4.89. The summed E-state index contributed by atoms with van der Waals surface area (Å²) in [6.45, 7) is 3.47. The van der Waals surface area contributed by atoms with E-state index in [-0.39, 0.29) is 0 Å². The van der Waals surface area contributed by atoms with Crippen LogP contribution in [0.4, 0.5) is 5.82 Å². The molecule has 0 amide bonds. The summed E-state index contributed by atoms with van der Waals surface area (Å²) in [7, 11) is 0. The van der Waals surface area contributed by atoms with Gasteiger partial charge < -0.3 is 15.0 Å². The van der Waals surface area contributed by atoms with Crippen LogP contribution in [-0.4, -0.2) is 26.1 Å². The first-order chi connectivity index (χ1) is 10.2. The van der Waals surface area contributed by atoms with E-state index < -0.39 is 0 Å². The first-order valence-electron chi connectivity index (χ1n) is 6.85. The number of aryl methyl sites for hydroxylation is 2. The van der Waals surface area contributed by atoms with Gasteiger partial charge in [0.25, 0.3) is 0 Å². The molecule has 0 bridgehead atoms. The van der Waals surface area contributed by atoms with Crippen molar-refractivity contribution in [3.63, 3.8) is 0 Å². The van der Waals surface area contributed by atoms with Gasteiger partial charge in [0.15, 0.2) is 11.5 Å². The van der Waals surface area contributed by atoms with Crippen LogP contribution in [0, 0.1) is 6.92 Å². The largest absolute Gasteiger partial charge is 0.494 e. The Morgan fingerprint density at radius 3 is 3.00 bits per heavy atom. The van der Waals surface area contributed by atoms with E-state index >= 15 is 0 Å². The molecule has 0 atom stereocenters. The fraction of sp³-hybridized carbons (Fsp3) is 0.267. The lowest BCUT2D eigenvalue weighted by Crippen LogP contribution is -2.04. The Bertz CT molecular complexity index is 753. The molecule has 3 rings (SSSR count). The van der Waals surface area contributed by atoms with Gasteiger partial charge in [0.05, 0.1) is 12.9 Å². The van der Waals surface area contributed by atoms with Gasteiger partial charge in [0.2, 0.25) is 0 Å². The van der Waals surface area contributed by atoms with E-state index in [0.29, 0.717) is 17.9 Å². The van der Waals surface area contributed by atoms with E-state index in [1.54, 1.807) is 6.33 Å². The lowest BCUT2D eigenvalue weighted by Gasteiger charge is -2.07. The molecular formula is C15H17N5O. The Hall–Kier alpha value is -2.63. The highest BCUT2D eigenvalue weighted by atomic mass is 16.5. The Balaban J connectivity index is 1.59. The van der Waals surface area contributed by atoms with E-state index in [9.17, 15) is 0 Å². The van der Waals surface area contributed by atoms with Gasteiger partial charge in [-0.05, 0) is 31.0 Å². The van der Waals surface area contributed by atoms with Gasteiger partial charge >= 0.3 is 0 Å². The van der Waals surface area contributed by atoms with Crippen molar-refractivity contribution in [2.75, 3.05) is 12.3 Å². The van der Waals surface area contributed by atoms with Crippen molar-refractivity contribution in [3.05, 3.63) is 42.5 Å². The van der Waals surface area contributed by atoms with Crippen LogP contribution in [-0.2, 0) is 6.54 Å². The summed E-state index contributed by atoms with van der Waals surface area (Å²) >= 11 is 0. The van der Waals surface area contributed by atoms with Crippen molar-refractivity contribution in [2.24, 2.45) is 0 Å². The zero-order valence-electron chi connectivity index (χ0n) is 11.9. The van der Waals surface area contributed by atoms with Crippen molar-refractivity contribution in [3.8, 4) is 5.75 Å². The zero-order chi connectivity index (χ0) is 14.7. The molecule has 0 unspecified atom stereocenters. The van der Waals surface area contributed by atoms with Crippen LogP contribution >= 0.6 is 0 Å². The summed E-state index contributed by atoms with van der Waals surface area (Å²) in [5.41, 5.74) is 8.37. The third-order valence-electron chi connectivity index (χ3n) is 3.23. The average molecular weight is 283 g/mol. The molecule has 0 saturated carbocycles. The molecule has 1 aromatic carbocycles. The van der Waals surface area contributed by atoms with Gasteiger partial charge in [-0.1, -0.05) is 12.1 Å². The third-order valence-corrected chi connectivity index (χ3v) is 3.23. The van der Waals surface area contributed by atoms with Crippen LogP contribution in [0.1, 0.15) is 12.0 Å². The molecule has 0 fully saturated rings. The normalized spacial score (nSPS) is 10.9. The van der Waals surface area contributed by atoms with Crippen LogP contribution in [0.3, 0.4) is 0 Å². The van der Waals surface area contributed by atoms with Crippen LogP contribution in [0.2, 0.25) is 0 Å². The van der Waals surface area contributed by atoms with Crippen LogP contribution in [0.25, 0.3) is 11.2 Å². The number of hydrogen-bond acceptors (Lipinski definition) is 5. The Kier molecular flexibility index (Phi) is 3.68. The third kappa shape index (κ3) is 2.94. The first-order valence-corrected chi connectivity index (χ1v) is 6.85. The fourth-order valence-electron chi connectivity index (χ4n) is 2.19. The molecule has 2 aromatic heterocycles. The molecule has 0 spiro atoms. The number of nitrogen functional groups attached to an aromatic ring is 1. The van der Waals surface area contributed by atoms with Gasteiger partial charge in [0.1, 0.15) is 17.6 Å². The SMILES string of the molecule is Cc1cccc(OCCCn2cnc3c(N)ncnc32)c1. The summed E-state index contributed by atoms with van der Waals surface area (Å²) in [5.74, 6) is 1.31. The minimum Gasteiger partial charge on any atom is -0.494 e. The number of fused-ring (bicyclic) bond motifs is 1. The van der Waals surface area contributed by atoms with Gasteiger partial charge in [-0.15, -0.1) is 0 Å². The molecule has 0 radical (unpaired) electrons. The summed E-state index contributed by atoms with van der Waals surface area (Å²) in [5, 5.41) is 0. The highest BCUT2D eigenvalue weighted by Gasteiger charge is 2.07. The molecule has 0 saturated heterocycles. The first kappa shape index (κ1) is 13.4. The maximum Gasteiger partial charge on any atom is 0.165 e. The van der Waals surface area contributed by atoms with E-state index in [1.165, 1.54) is 11.9 Å². The van der Waals surface area contributed by atoms with Crippen molar-refractivity contribution < 1.29 is 4.74 Å². The van der Waals surface area contributed by atoms with E-state index in [2.05, 4.69) is 27.9 Å². The van der Waals surface area contributed by atoms with Gasteiger partial charge in [-0.3, -0.25) is 0 Å². The van der Waals surface area contributed by atoms with Crippen molar-refractivity contribution >= 4 is 17.0 Å². The molecule has 21 heavy (non-hydrogen) atoms. The van der Waals surface area contributed by atoms with Crippen molar-refractivity contribution in [1.82, 2.24) is 19.5 Å². The summed E-state index contributed by atoms with van der Waals surface area (Å²) in [6, 6.07) is 8.04. The Morgan fingerprint density at radius 1 is 1.24 bits per heavy atom. The van der Waals surface area contributed by atoms with E-state index in [1.807, 2.05) is 22.8 Å². The smallest absolute Gasteiger partial charge is 0.165 e. The van der Waals surface area contributed by atoms with Gasteiger partial charge in [0, 0.05) is 6.54 Å². The summed E-state index contributed by atoms with van der Waals surface area (Å²) in [4.78, 5) is 12.4. The lowest BCUT2D eigenvalue weighted by atomic mass is 10.2. The molecule has 2 heterocycles. The number of nitrogens with two attached hydrogens (primary N) is 1. The standard InChI is InChI=1S/C15H17N5O/c1-11-4-2-5-12(8-11)21-7-3-6-20-10-19-13-14(16)17-9-18-15(13)20/h2,4-5,8-10H,3,6-7H2,1H3,(H2,16,17,18). The molecule has 0 aliphatic heterocycles. The quantitative estimate of drug-likeness (QED) is 0.726. The average Bonchev–Trinajstić information content (AvgIpc) is 2.88. The maximum atomic E-state index is 5.76. The minimum absolute atomic E-state index is 0.412. The second-order valence-electron chi connectivity index (χ2n) is 4.89. The fourth-order valence-corrected chi connectivity index (χ4v) is 2.19. The van der Waals surface area contributed by atoms with Gasteiger partial charge in [-0.25, -0.2) is 15.0 Å². The number of rotatable bonds is 5. The highest BCUT2D eigenvalue weighted by Crippen LogP contribution is 2.15. The number of benzene rings is 1. The van der Waals surface area contributed by atoms with Crippen molar-refractivity contribution in [1.29, 1.82) is 0 Å². The molecule has 0 aliphatic rings. The van der Waals surface area contributed by atoms with Crippen LogP contribution < -0.4 is 10.5 Å². The molecule has 6 heteroatoms. The monoisotopic (exact) mass is 283 g/mol. The topological polar surface area (TPSA) is 78.9 Å². The van der Waals surface area contributed by atoms with Crippen LogP contribution in [0.5, 0.6) is 5.75 Å². The molecule has 3 aromatic rings. The Labute approximate surface area is 122 Å². The van der Waals surface area contributed by atoms with Crippen LogP contribution in [0.15, 0.2) is 36.9 Å². The summed E-state index contributed by atoms with van der Waals surface area (Å²) < 4.78 is 7.69. The number of nitrogens with zero attached hydrogens (tertiary/aromatic N) is 4. The predicted molar refractivity (Wildman–Crippen MR) is 81.0 cm³/mol. The minimum atomic E-state index is 0.412. The number of hydrogen-bond donors (Lipinski definition) is 1. The number of ether oxygens (including phenoxy) is 1. The van der Waals surface area contributed by atoms with E-state index in [0.717, 1.165) is 24.4 Å². The predicted octanol–water partition coefficient (Wildman–Crippen LogP) is 2.19. The highest BCUT2D eigenvalue weighted by molar-refractivity contribution is 5.80. The number of aromatic nitrogens is 4. The molecule has 0 aliphatic carbocycles. The van der Waals surface area contributed by atoms with E-state index in [4.69, 9.17) is 10.5 Å². The molecular weight excluding hydrogens is 266 g/mol. The molecule has 108 valence electrons. The summed E-state index contributed by atoms with van der Waals surface area (Å²) in [6.07, 6.45) is 4.06. The lowest BCUT2D eigenvalue weighted by molar-refractivity contribution is 0.302. The molecule has 2 N–H and O–H groups in total. The Morgan fingerprint density at radius 2 is 2.14 bits per heavy atom. The number of anilines is 1. The molecule has 6 nitrogen and oxygen atoms in total. The zero-order valence-corrected chi connectivity index (χ0v) is 11.9. The maximum absolute atomic E-state index is 5.76. The number of imidazole rings is 1.